The van der Waals surface area contributed by atoms with Crippen molar-refractivity contribution in [2.45, 2.75) is 78.1 Å². The smallest absolute Gasteiger partial charge is 0.408 e. The van der Waals surface area contributed by atoms with Crippen molar-refractivity contribution in [2.24, 2.45) is 0 Å². The molecule has 2 rings (SSSR count). The summed E-state index contributed by atoms with van der Waals surface area (Å²) in [6, 6.07) is 1.62. The summed E-state index contributed by atoms with van der Waals surface area (Å²) in [7, 11) is 0. The molecule has 0 aromatic heterocycles. The van der Waals surface area contributed by atoms with E-state index >= 15 is 0 Å². The van der Waals surface area contributed by atoms with Crippen molar-refractivity contribution >= 4 is 29.9 Å². The van der Waals surface area contributed by atoms with Gasteiger partial charge in [-0.25, -0.2) is 13.6 Å². The van der Waals surface area contributed by atoms with Crippen LogP contribution < -0.4 is 10.6 Å². The molecule has 1 heterocycles. The molecule has 1 unspecified atom stereocenters. The van der Waals surface area contributed by atoms with Gasteiger partial charge in [0.05, 0.1) is 0 Å². The average Bonchev–Trinajstić information content (AvgIpc) is 3.10. The maximum absolute atomic E-state index is 15.0. The second-order valence-corrected chi connectivity index (χ2v) is 9.64. The molecule has 1 aliphatic heterocycles. The average molecular weight is 559 g/mol. The van der Waals surface area contributed by atoms with Crippen LogP contribution in [0, 0.1) is 11.6 Å². The van der Waals surface area contributed by atoms with Crippen LogP contribution >= 0.6 is 0 Å². The van der Waals surface area contributed by atoms with Crippen molar-refractivity contribution in [3.63, 3.8) is 0 Å². The number of nitrogens with one attached hydrogen (secondary N) is 2. The molecule has 39 heavy (non-hydrogen) atoms. The Balaban J connectivity index is 2.25. The first-order valence-electron chi connectivity index (χ1n) is 11.9. The van der Waals surface area contributed by atoms with Crippen LogP contribution in [0.4, 0.5) is 13.6 Å². The Morgan fingerprint density at radius 3 is 2.08 bits per heavy atom. The molecule has 1 aromatic rings. The summed E-state index contributed by atoms with van der Waals surface area (Å²) in [5, 5.41) is 4.64. The van der Waals surface area contributed by atoms with Gasteiger partial charge in [-0.3, -0.25) is 19.2 Å². The summed E-state index contributed by atoms with van der Waals surface area (Å²) < 4.78 is 55.8. The van der Waals surface area contributed by atoms with E-state index in [2.05, 4.69) is 10.6 Å². The van der Waals surface area contributed by atoms with Gasteiger partial charge in [-0.15, -0.1) is 0 Å². The molecule has 1 fully saturated rings. The first kappa shape index (κ1) is 31.4. The van der Waals surface area contributed by atoms with E-state index in [0.29, 0.717) is 6.07 Å². The molecule has 1 aliphatic rings. The number of halogens is 2. The van der Waals surface area contributed by atoms with Crippen LogP contribution in [0.1, 0.15) is 58.8 Å². The maximum Gasteiger partial charge on any atom is 0.408 e. The van der Waals surface area contributed by atoms with E-state index in [1.165, 1.54) is 0 Å². The van der Waals surface area contributed by atoms with Crippen LogP contribution in [0.5, 0.6) is 0 Å². The second kappa shape index (κ2) is 13.3. The SMILES string of the molecule is CC(=O)OC[C@H]1O[C@@H](c2cc(CNC(=O)CNC(=O)OC(C)(C)C)c(F)cc2F)C(OC(C)=O)[C@H]1OC(C)=O. The van der Waals surface area contributed by atoms with Crippen molar-refractivity contribution < 1.29 is 56.4 Å². The number of carbonyl (C=O) groups is 5. The van der Waals surface area contributed by atoms with E-state index in [-0.39, 0.29) is 11.1 Å². The molecule has 2 amide bonds. The van der Waals surface area contributed by atoms with Crippen LogP contribution in [-0.4, -0.2) is 67.0 Å². The van der Waals surface area contributed by atoms with Crippen LogP contribution in [0.3, 0.4) is 0 Å². The molecule has 0 bridgehead atoms. The molecule has 1 saturated heterocycles. The number of amides is 2. The molecule has 1 aromatic carbocycles. The van der Waals surface area contributed by atoms with E-state index in [1.807, 2.05) is 0 Å². The minimum absolute atomic E-state index is 0.158. The first-order chi connectivity index (χ1) is 18.1. The number of alkyl carbamates (subject to hydrolysis) is 1. The van der Waals surface area contributed by atoms with Crippen molar-refractivity contribution in [3.05, 3.63) is 34.9 Å². The van der Waals surface area contributed by atoms with E-state index in [4.69, 9.17) is 23.7 Å². The van der Waals surface area contributed by atoms with Crippen LogP contribution in [0.15, 0.2) is 12.1 Å². The molecule has 0 saturated carbocycles. The number of rotatable bonds is 9. The zero-order chi connectivity index (χ0) is 29.5. The summed E-state index contributed by atoms with van der Waals surface area (Å²) >= 11 is 0. The summed E-state index contributed by atoms with van der Waals surface area (Å²) in [4.78, 5) is 58.7. The quantitative estimate of drug-likeness (QED) is 0.339. The lowest BCUT2D eigenvalue weighted by Crippen LogP contribution is -2.40. The molecule has 0 spiro atoms. The molecule has 2 N–H and O–H groups in total. The van der Waals surface area contributed by atoms with Gasteiger partial charge in [0.1, 0.15) is 42.6 Å². The van der Waals surface area contributed by atoms with Gasteiger partial charge in [0, 0.05) is 44.5 Å². The van der Waals surface area contributed by atoms with Gasteiger partial charge in [0.15, 0.2) is 12.2 Å². The lowest BCUT2D eigenvalue weighted by atomic mass is 9.98. The van der Waals surface area contributed by atoms with Crippen LogP contribution in [0.25, 0.3) is 0 Å². The van der Waals surface area contributed by atoms with Gasteiger partial charge in [-0.1, -0.05) is 0 Å². The molecular formula is C25H32F2N2O10. The van der Waals surface area contributed by atoms with Gasteiger partial charge < -0.3 is 34.3 Å². The lowest BCUT2D eigenvalue weighted by Gasteiger charge is -2.24. The lowest BCUT2D eigenvalue weighted by molar-refractivity contribution is -0.165. The molecule has 216 valence electrons. The Morgan fingerprint density at radius 1 is 0.897 bits per heavy atom. The number of carbonyl (C=O) groups excluding carboxylic acids is 5. The third-order valence-electron chi connectivity index (χ3n) is 5.11. The monoisotopic (exact) mass is 558 g/mol. The Morgan fingerprint density at radius 2 is 1.51 bits per heavy atom. The minimum atomic E-state index is -1.39. The van der Waals surface area contributed by atoms with Gasteiger partial charge in [-0.05, 0) is 26.8 Å². The standard InChI is InChI=1S/C25H32F2N2O10/c1-12(30)35-11-19-22(36-13(2)31)23(37-14(3)32)21(38-19)16-7-15(17(26)8-18(16)27)9-28-20(33)10-29-24(34)39-25(4,5)6/h7-8,19,21-23H,9-11H2,1-6H3,(H,28,33)(H,29,34)/t19-,21+,22+,23?/m1/s1. The van der Waals surface area contributed by atoms with Crippen molar-refractivity contribution in [2.75, 3.05) is 13.2 Å². The molecule has 4 atom stereocenters. The number of hydrogen-bond donors (Lipinski definition) is 2. The summed E-state index contributed by atoms with van der Waals surface area (Å²) in [6.45, 7) is 6.98. The predicted molar refractivity (Wildman–Crippen MR) is 128 cm³/mol. The number of esters is 3. The summed E-state index contributed by atoms with van der Waals surface area (Å²) in [5.41, 5.74) is -1.19. The van der Waals surface area contributed by atoms with Gasteiger partial charge in [0.25, 0.3) is 0 Å². The highest BCUT2D eigenvalue weighted by molar-refractivity contribution is 5.82. The molecular weight excluding hydrogens is 526 g/mol. The van der Waals surface area contributed by atoms with Gasteiger partial charge in [-0.2, -0.15) is 0 Å². The summed E-state index contributed by atoms with van der Waals surface area (Å²) in [5.74, 6) is -4.97. The number of ether oxygens (including phenoxy) is 5. The van der Waals surface area contributed by atoms with E-state index < -0.39 is 91.3 Å². The van der Waals surface area contributed by atoms with Crippen molar-refractivity contribution in [1.29, 1.82) is 0 Å². The number of benzene rings is 1. The highest BCUT2D eigenvalue weighted by atomic mass is 19.1. The van der Waals surface area contributed by atoms with E-state index in [1.54, 1.807) is 20.8 Å². The topological polar surface area (TPSA) is 156 Å². The fourth-order valence-corrected chi connectivity index (χ4v) is 3.66. The highest BCUT2D eigenvalue weighted by Crippen LogP contribution is 2.39. The van der Waals surface area contributed by atoms with Gasteiger partial charge in [0.2, 0.25) is 5.91 Å². The van der Waals surface area contributed by atoms with E-state index in [9.17, 15) is 32.8 Å². The zero-order valence-corrected chi connectivity index (χ0v) is 22.4. The fourth-order valence-electron chi connectivity index (χ4n) is 3.66. The molecule has 12 nitrogen and oxygen atoms in total. The first-order valence-corrected chi connectivity index (χ1v) is 11.9. The maximum atomic E-state index is 15.0. The largest absolute Gasteiger partial charge is 0.463 e. The van der Waals surface area contributed by atoms with Crippen molar-refractivity contribution in [3.8, 4) is 0 Å². The summed E-state index contributed by atoms with van der Waals surface area (Å²) in [6.07, 6.45) is -6.00. The Hall–Kier alpha value is -3.81. The number of hydrogen-bond acceptors (Lipinski definition) is 10. The molecule has 0 radical (unpaired) electrons. The normalized spacial score (nSPS) is 20.5. The predicted octanol–water partition coefficient (Wildman–Crippen LogP) is 1.97. The minimum Gasteiger partial charge on any atom is -0.463 e. The Labute approximate surface area is 223 Å². The Kier molecular flexibility index (Phi) is 10.7. The Bertz CT molecular complexity index is 1110. The second-order valence-electron chi connectivity index (χ2n) is 9.64. The zero-order valence-electron chi connectivity index (χ0n) is 22.4. The van der Waals surface area contributed by atoms with Crippen LogP contribution in [-0.2, 0) is 49.4 Å². The highest BCUT2D eigenvalue weighted by Gasteiger charge is 2.51. The van der Waals surface area contributed by atoms with Gasteiger partial charge >= 0.3 is 24.0 Å². The van der Waals surface area contributed by atoms with Crippen molar-refractivity contribution in [1.82, 2.24) is 10.6 Å². The third-order valence-corrected chi connectivity index (χ3v) is 5.11. The fraction of sp³-hybridized carbons (Fsp3) is 0.560. The molecule has 0 aliphatic carbocycles. The van der Waals surface area contributed by atoms with Crippen LogP contribution in [0.2, 0.25) is 0 Å². The third kappa shape index (κ3) is 9.78. The van der Waals surface area contributed by atoms with E-state index in [0.717, 1.165) is 26.8 Å². The molecule has 14 heteroatoms.